The Kier molecular flexibility index (Phi) is 5.62. The summed E-state index contributed by atoms with van der Waals surface area (Å²) in [5.74, 6) is 1.22. The molecule has 1 fully saturated rings. The number of amides is 1. The molecule has 0 bridgehead atoms. The van der Waals surface area contributed by atoms with Crippen LogP contribution >= 0.6 is 11.3 Å². The van der Waals surface area contributed by atoms with E-state index < -0.39 is 5.97 Å². The normalized spacial score (nSPS) is 13.0. The van der Waals surface area contributed by atoms with Gasteiger partial charge >= 0.3 is 5.97 Å². The standard InChI is InChI=1S/C23H21NO4S/c1-27-23(26)21-19(16-10-11-16)14-29-22(21)24-20(25)13-15-6-5-9-18(12-15)28-17-7-3-2-4-8-17/h2-9,12,14,16H,10-11,13H2,1H3,(H,24,25). The zero-order chi connectivity index (χ0) is 20.2. The summed E-state index contributed by atoms with van der Waals surface area (Å²) in [4.78, 5) is 24.8. The molecule has 0 saturated heterocycles. The number of methoxy groups -OCH3 is 1. The minimum absolute atomic E-state index is 0.184. The zero-order valence-corrected chi connectivity index (χ0v) is 16.8. The third-order valence-corrected chi connectivity index (χ3v) is 5.63. The molecular weight excluding hydrogens is 386 g/mol. The van der Waals surface area contributed by atoms with Crippen LogP contribution in [-0.2, 0) is 16.0 Å². The molecule has 1 aromatic heterocycles. The molecule has 0 radical (unpaired) electrons. The van der Waals surface area contributed by atoms with Gasteiger partial charge in [-0.3, -0.25) is 4.79 Å². The summed E-state index contributed by atoms with van der Waals surface area (Å²) in [5, 5.41) is 5.39. The van der Waals surface area contributed by atoms with Gasteiger partial charge in [0.15, 0.2) is 0 Å². The molecule has 1 amide bonds. The van der Waals surface area contributed by atoms with E-state index in [0.717, 1.165) is 29.7 Å². The number of benzene rings is 2. The fourth-order valence-electron chi connectivity index (χ4n) is 3.17. The molecule has 148 valence electrons. The highest BCUT2D eigenvalue weighted by Crippen LogP contribution is 2.46. The van der Waals surface area contributed by atoms with Crippen molar-refractivity contribution in [2.24, 2.45) is 0 Å². The lowest BCUT2D eigenvalue weighted by molar-refractivity contribution is -0.115. The lowest BCUT2D eigenvalue weighted by Crippen LogP contribution is -2.16. The predicted octanol–water partition coefficient (Wildman–Crippen LogP) is 5.39. The number of hydrogen-bond donors (Lipinski definition) is 1. The van der Waals surface area contributed by atoms with Crippen LogP contribution in [0.4, 0.5) is 5.00 Å². The molecule has 1 aliphatic carbocycles. The van der Waals surface area contributed by atoms with Crippen LogP contribution in [0.2, 0.25) is 0 Å². The molecule has 6 heteroatoms. The Morgan fingerprint density at radius 2 is 1.83 bits per heavy atom. The van der Waals surface area contributed by atoms with E-state index in [-0.39, 0.29) is 12.3 Å². The van der Waals surface area contributed by atoms with Crippen molar-refractivity contribution in [2.75, 3.05) is 12.4 Å². The first kappa shape index (κ1) is 19.2. The quantitative estimate of drug-likeness (QED) is 0.534. The minimum atomic E-state index is -0.401. The zero-order valence-electron chi connectivity index (χ0n) is 16.0. The number of ether oxygens (including phenoxy) is 2. The van der Waals surface area contributed by atoms with Crippen molar-refractivity contribution in [1.29, 1.82) is 0 Å². The lowest BCUT2D eigenvalue weighted by atomic mass is 10.1. The van der Waals surface area contributed by atoms with Gasteiger partial charge in [0.1, 0.15) is 16.5 Å². The second-order valence-corrected chi connectivity index (χ2v) is 7.83. The minimum Gasteiger partial charge on any atom is -0.465 e. The van der Waals surface area contributed by atoms with E-state index in [9.17, 15) is 9.59 Å². The van der Waals surface area contributed by atoms with E-state index in [1.807, 2.05) is 60.0 Å². The number of thiophene rings is 1. The summed E-state index contributed by atoms with van der Waals surface area (Å²) in [5.41, 5.74) is 2.31. The first-order valence-electron chi connectivity index (χ1n) is 9.45. The summed E-state index contributed by atoms with van der Waals surface area (Å²) in [7, 11) is 1.36. The third-order valence-electron chi connectivity index (χ3n) is 4.72. The molecule has 1 saturated carbocycles. The van der Waals surface area contributed by atoms with Crippen LogP contribution < -0.4 is 10.1 Å². The number of carbonyl (C=O) groups excluding carboxylic acids is 2. The maximum Gasteiger partial charge on any atom is 0.341 e. The van der Waals surface area contributed by atoms with E-state index in [2.05, 4.69) is 5.32 Å². The van der Waals surface area contributed by atoms with Gasteiger partial charge < -0.3 is 14.8 Å². The van der Waals surface area contributed by atoms with Crippen molar-refractivity contribution in [1.82, 2.24) is 0 Å². The molecule has 5 nitrogen and oxygen atoms in total. The molecule has 4 rings (SSSR count). The van der Waals surface area contributed by atoms with E-state index in [0.29, 0.717) is 22.2 Å². The lowest BCUT2D eigenvalue weighted by Gasteiger charge is -2.09. The van der Waals surface area contributed by atoms with Crippen LogP contribution in [0.1, 0.15) is 40.2 Å². The van der Waals surface area contributed by atoms with E-state index in [1.165, 1.54) is 18.4 Å². The van der Waals surface area contributed by atoms with E-state index in [4.69, 9.17) is 9.47 Å². The van der Waals surface area contributed by atoms with Gasteiger partial charge in [-0.25, -0.2) is 4.79 Å². The fourth-order valence-corrected chi connectivity index (χ4v) is 4.22. The van der Waals surface area contributed by atoms with Crippen LogP contribution in [-0.4, -0.2) is 19.0 Å². The number of para-hydroxylation sites is 1. The summed E-state index contributed by atoms with van der Waals surface area (Å²) in [6, 6.07) is 16.9. The Labute approximate surface area is 173 Å². The van der Waals surface area contributed by atoms with Crippen molar-refractivity contribution in [2.45, 2.75) is 25.2 Å². The molecule has 3 aromatic rings. The monoisotopic (exact) mass is 407 g/mol. The first-order chi connectivity index (χ1) is 14.1. The molecule has 1 heterocycles. The highest BCUT2D eigenvalue weighted by atomic mass is 32.1. The van der Waals surface area contributed by atoms with Gasteiger partial charge in [-0.05, 0) is 59.5 Å². The largest absolute Gasteiger partial charge is 0.465 e. The highest BCUT2D eigenvalue weighted by Gasteiger charge is 2.32. The number of carbonyl (C=O) groups is 2. The first-order valence-corrected chi connectivity index (χ1v) is 10.3. The van der Waals surface area contributed by atoms with Crippen LogP contribution in [0.25, 0.3) is 0 Å². The maximum absolute atomic E-state index is 12.6. The third kappa shape index (κ3) is 4.66. The maximum atomic E-state index is 12.6. The molecule has 0 unspecified atom stereocenters. The van der Waals surface area contributed by atoms with Crippen molar-refractivity contribution >= 4 is 28.2 Å². The van der Waals surface area contributed by atoms with Gasteiger partial charge in [0, 0.05) is 0 Å². The van der Waals surface area contributed by atoms with Gasteiger partial charge in [-0.15, -0.1) is 11.3 Å². The molecule has 0 spiro atoms. The molecular formula is C23H21NO4S. The SMILES string of the molecule is COC(=O)c1c(C2CC2)csc1NC(=O)Cc1cccc(Oc2ccccc2)c1. The van der Waals surface area contributed by atoms with Crippen LogP contribution in [0.15, 0.2) is 60.0 Å². The van der Waals surface area contributed by atoms with Crippen LogP contribution in [0.5, 0.6) is 11.5 Å². The van der Waals surface area contributed by atoms with Crippen molar-refractivity contribution < 1.29 is 19.1 Å². The average molecular weight is 407 g/mol. The van der Waals surface area contributed by atoms with Crippen LogP contribution in [0.3, 0.4) is 0 Å². The number of nitrogens with one attached hydrogen (secondary N) is 1. The number of rotatable bonds is 7. The van der Waals surface area contributed by atoms with Gasteiger partial charge in [0.05, 0.1) is 19.1 Å². The number of hydrogen-bond acceptors (Lipinski definition) is 5. The number of esters is 1. The predicted molar refractivity (Wildman–Crippen MR) is 113 cm³/mol. The smallest absolute Gasteiger partial charge is 0.341 e. The Bertz CT molecular complexity index is 1020. The van der Waals surface area contributed by atoms with E-state index >= 15 is 0 Å². The van der Waals surface area contributed by atoms with Gasteiger partial charge in [-0.1, -0.05) is 30.3 Å². The van der Waals surface area contributed by atoms with Crippen molar-refractivity contribution in [3.8, 4) is 11.5 Å². The molecule has 0 aliphatic heterocycles. The summed E-state index contributed by atoms with van der Waals surface area (Å²) >= 11 is 1.37. The molecule has 2 aromatic carbocycles. The van der Waals surface area contributed by atoms with Crippen LogP contribution in [0, 0.1) is 0 Å². The molecule has 1 aliphatic rings. The summed E-state index contributed by atoms with van der Waals surface area (Å²) < 4.78 is 10.8. The second kappa shape index (κ2) is 8.49. The van der Waals surface area contributed by atoms with Crippen molar-refractivity contribution in [3.05, 3.63) is 76.7 Å². The molecule has 29 heavy (non-hydrogen) atoms. The van der Waals surface area contributed by atoms with Gasteiger partial charge in [0.25, 0.3) is 0 Å². The molecule has 0 atom stereocenters. The summed E-state index contributed by atoms with van der Waals surface area (Å²) in [6.07, 6.45) is 2.33. The summed E-state index contributed by atoms with van der Waals surface area (Å²) in [6.45, 7) is 0. The fraction of sp³-hybridized carbons (Fsp3) is 0.217. The topological polar surface area (TPSA) is 64.6 Å². The highest BCUT2D eigenvalue weighted by molar-refractivity contribution is 7.15. The Balaban J connectivity index is 1.45. The second-order valence-electron chi connectivity index (χ2n) is 6.95. The average Bonchev–Trinajstić information content (AvgIpc) is 3.49. The Morgan fingerprint density at radius 3 is 2.55 bits per heavy atom. The van der Waals surface area contributed by atoms with Crippen molar-refractivity contribution in [3.63, 3.8) is 0 Å². The Hall–Kier alpha value is -3.12. The van der Waals surface area contributed by atoms with Gasteiger partial charge in [0.2, 0.25) is 5.91 Å². The Morgan fingerprint density at radius 1 is 1.07 bits per heavy atom. The molecule has 1 N–H and O–H groups in total. The number of anilines is 1. The van der Waals surface area contributed by atoms with E-state index in [1.54, 1.807) is 0 Å². The van der Waals surface area contributed by atoms with Gasteiger partial charge in [-0.2, -0.15) is 0 Å².